The van der Waals surface area contributed by atoms with Crippen molar-refractivity contribution in [3.05, 3.63) is 211 Å². The molecule has 14 rings (SSSR count). The quantitative estimate of drug-likeness (QED) is 0.174. The van der Waals surface area contributed by atoms with E-state index in [1.54, 1.807) is 0 Å². The first kappa shape index (κ1) is 41.4. The minimum Gasteiger partial charge on any atom is -0.450 e. The third-order valence-electron chi connectivity index (χ3n) is 15.8. The maximum Gasteiger partial charge on any atom is 0.333 e. The minimum atomic E-state index is -2.02. The van der Waals surface area contributed by atoms with Crippen LogP contribution in [0.3, 0.4) is 0 Å². The van der Waals surface area contributed by atoms with E-state index in [1.807, 2.05) is 24.3 Å². The first-order chi connectivity index (χ1) is 34.1. The Hall–Kier alpha value is -7.61. The summed E-state index contributed by atoms with van der Waals surface area (Å²) >= 11 is 0. The van der Waals surface area contributed by atoms with Crippen molar-refractivity contribution in [1.29, 1.82) is 0 Å². The summed E-state index contributed by atoms with van der Waals surface area (Å²) in [5.74, 6) is 2.85. The molecule has 1 aliphatic carbocycles. The Labute approximate surface area is 412 Å². The van der Waals surface area contributed by atoms with E-state index in [9.17, 15) is 0 Å². The van der Waals surface area contributed by atoms with Crippen molar-refractivity contribution in [2.75, 3.05) is 15.0 Å². The number of anilines is 7. The Morgan fingerprint density at radius 2 is 1.07 bits per heavy atom. The highest BCUT2D eigenvalue weighted by molar-refractivity contribution is 8.34. The molecule has 0 fully saturated rings. The number of hydrogen-bond acceptors (Lipinski definition) is 5. The maximum atomic E-state index is 6.87. The molecule has 4 heterocycles. The molecule has 0 atom stereocenters. The molecule has 7 heteroatoms. The summed E-state index contributed by atoms with van der Waals surface area (Å²) in [4.78, 5) is 10.5. The average Bonchev–Trinajstić information content (AvgIpc) is 3.38. The van der Waals surface area contributed by atoms with Gasteiger partial charge in [-0.25, -0.2) is 0 Å². The molecule has 0 radical (unpaired) electrons. The van der Waals surface area contributed by atoms with Crippen LogP contribution in [0.25, 0.3) is 11.1 Å². The topological polar surface area (TPSA) is 37.0 Å². The summed E-state index contributed by atoms with van der Waals surface area (Å²) < 4.78 is 13.7. The first-order valence-corrected chi connectivity index (χ1v) is 26.3. The van der Waals surface area contributed by atoms with Gasteiger partial charge in [0.1, 0.15) is 0 Å². The van der Waals surface area contributed by atoms with Crippen molar-refractivity contribution in [2.45, 2.75) is 77.9 Å². The molecule has 5 nitrogen and oxygen atoms in total. The zero-order valence-corrected chi connectivity index (χ0v) is 40.9. The SMILES string of the molecule is Cc1cc2c(cc1N1c3cc4c(cc3B3c5c(cc(Nc6ccccc6)cc51)-c1cccc5c1N3c1ccccc1S5(c1ccccc1)c1ccccc1)Oc1ccccc1O4)C(C)(C)CCC2(C)C. The number of para-hydroxylation sites is 5. The normalized spacial score (nSPS) is 16.9. The van der Waals surface area contributed by atoms with Crippen molar-refractivity contribution in [2.24, 2.45) is 0 Å². The lowest BCUT2D eigenvalue weighted by Gasteiger charge is -2.55. The Morgan fingerprint density at radius 1 is 0.486 bits per heavy atom. The summed E-state index contributed by atoms with van der Waals surface area (Å²) in [6.07, 6.45) is 2.28. The smallest absolute Gasteiger partial charge is 0.333 e. The summed E-state index contributed by atoms with van der Waals surface area (Å²) in [6, 6.07) is 71.9. The van der Waals surface area contributed by atoms with Crippen molar-refractivity contribution in [3.63, 3.8) is 0 Å². The van der Waals surface area contributed by atoms with Crippen LogP contribution in [-0.4, -0.2) is 6.85 Å². The number of rotatable bonds is 5. The minimum absolute atomic E-state index is 0.000298. The zero-order valence-electron chi connectivity index (χ0n) is 40.1. The Balaban J connectivity index is 1.12. The molecule has 0 aromatic heterocycles. The van der Waals surface area contributed by atoms with Crippen LogP contribution in [0.4, 0.5) is 39.8 Å². The molecule has 0 saturated carbocycles. The van der Waals surface area contributed by atoms with E-state index in [0.29, 0.717) is 17.2 Å². The molecule has 0 unspecified atom stereocenters. The highest BCUT2D eigenvalue weighted by atomic mass is 32.3. The number of hydrogen-bond donors (Lipinski definition) is 1. The van der Waals surface area contributed by atoms with Gasteiger partial charge in [-0.3, -0.25) is 0 Å². The lowest BCUT2D eigenvalue weighted by molar-refractivity contribution is 0.332. The summed E-state index contributed by atoms with van der Waals surface area (Å²) in [5, 5.41) is 3.90. The predicted octanol–water partition coefficient (Wildman–Crippen LogP) is 16.3. The van der Waals surface area contributed by atoms with Gasteiger partial charge in [0.25, 0.3) is 0 Å². The number of ether oxygens (including phenoxy) is 2. The maximum absolute atomic E-state index is 6.87. The molecule has 0 bridgehead atoms. The fraction of sp³-hybridized carbons (Fsp3) is 0.143. The fourth-order valence-electron chi connectivity index (χ4n) is 12.4. The van der Waals surface area contributed by atoms with Gasteiger partial charge in [-0.15, -0.1) is 10.0 Å². The van der Waals surface area contributed by atoms with Crippen LogP contribution < -0.4 is 35.4 Å². The highest BCUT2D eigenvalue weighted by Gasteiger charge is 2.53. The van der Waals surface area contributed by atoms with E-state index in [2.05, 4.69) is 220 Å². The van der Waals surface area contributed by atoms with Gasteiger partial charge < -0.3 is 24.5 Å². The molecule has 0 amide bonds. The second kappa shape index (κ2) is 14.9. The van der Waals surface area contributed by atoms with Gasteiger partial charge in [-0.1, -0.05) is 125 Å². The van der Waals surface area contributed by atoms with Crippen molar-refractivity contribution >= 4 is 67.6 Å². The second-order valence-corrected chi connectivity index (χ2v) is 23.9. The molecule has 4 aliphatic heterocycles. The molecule has 70 heavy (non-hydrogen) atoms. The van der Waals surface area contributed by atoms with Crippen LogP contribution in [0.15, 0.2) is 214 Å². The third kappa shape index (κ3) is 5.82. The van der Waals surface area contributed by atoms with Crippen LogP contribution in [0.2, 0.25) is 0 Å². The molecule has 0 saturated heterocycles. The number of nitrogens with one attached hydrogen (secondary N) is 1. The van der Waals surface area contributed by atoms with Gasteiger partial charge in [0.15, 0.2) is 23.0 Å². The highest BCUT2D eigenvalue weighted by Crippen LogP contribution is 2.80. The molecule has 0 spiro atoms. The van der Waals surface area contributed by atoms with Crippen molar-refractivity contribution in [3.8, 4) is 34.1 Å². The van der Waals surface area contributed by atoms with Crippen LogP contribution >= 0.6 is 10.0 Å². The number of benzene rings is 9. The molecule has 1 N–H and O–H groups in total. The summed E-state index contributed by atoms with van der Waals surface area (Å²) in [7, 11) is -2.02. The summed E-state index contributed by atoms with van der Waals surface area (Å²) in [6.45, 7) is 11.8. The third-order valence-corrected chi connectivity index (χ3v) is 19.8. The number of fused-ring (bicyclic) bond motifs is 9. The Morgan fingerprint density at radius 3 is 1.76 bits per heavy atom. The predicted molar refractivity (Wildman–Crippen MR) is 290 cm³/mol. The van der Waals surface area contributed by atoms with Gasteiger partial charge in [0, 0.05) is 65.3 Å². The number of aryl methyl sites for hydroxylation is 1. The van der Waals surface area contributed by atoms with Gasteiger partial charge in [0.2, 0.25) is 0 Å². The van der Waals surface area contributed by atoms with E-state index in [-0.39, 0.29) is 17.7 Å². The van der Waals surface area contributed by atoms with Gasteiger partial charge in [0.05, 0.1) is 5.69 Å². The molecule has 9 aromatic carbocycles. The largest absolute Gasteiger partial charge is 0.450 e. The van der Waals surface area contributed by atoms with Crippen molar-refractivity contribution < 1.29 is 9.47 Å². The van der Waals surface area contributed by atoms with E-state index in [1.165, 1.54) is 69.9 Å². The van der Waals surface area contributed by atoms with Crippen LogP contribution in [0.5, 0.6) is 23.0 Å². The molecule has 5 aliphatic rings. The van der Waals surface area contributed by atoms with E-state index in [0.717, 1.165) is 46.8 Å². The average molecular weight is 926 g/mol. The number of nitrogens with zero attached hydrogens (tertiary/aromatic N) is 2. The van der Waals surface area contributed by atoms with E-state index >= 15 is 0 Å². The van der Waals surface area contributed by atoms with Crippen LogP contribution in [0.1, 0.15) is 57.2 Å². The molecule has 9 aromatic rings. The zero-order chi connectivity index (χ0) is 47.1. The Kier molecular flexibility index (Phi) is 8.84. The lowest BCUT2D eigenvalue weighted by atomic mass is 9.43. The Bertz CT molecular complexity index is 3590. The van der Waals surface area contributed by atoms with Gasteiger partial charge >= 0.3 is 6.85 Å². The van der Waals surface area contributed by atoms with E-state index < -0.39 is 10.0 Å². The lowest BCUT2D eigenvalue weighted by Crippen LogP contribution is -2.62. The van der Waals surface area contributed by atoms with E-state index in [4.69, 9.17) is 9.47 Å². The summed E-state index contributed by atoms with van der Waals surface area (Å²) in [5.41, 5.74) is 17.0. The second-order valence-electron chi connectivity index (χ2n) is 20.9. The monoisotopic (exact) mass is 925 g/mol. The first-order valence-electron chi connectivity index (χ1n) is 24.6. The van der Waals surface area contributed by atoms with Gasteiger partial charge in [-0.2, -0.15) is 0 Å². The standard InChI is InChI=1S/C63H52BN3O2S/c1-40-34-47-48(63(4,5)33-32-62(47,2)3)37-51(40)66-52-39-57-56(68-54-28-16-17-29-55(54)69-57)38-49(52)64-60-46(35-42(36-53(60)66)65-41-20-9-6-10-21-41)45-26-19-31-59-61(45)67(64)50-27-15-18-30-58(50)70(59,43-22-11-7-12-23-43)44-24-13-8-14-25-44/h6-31,34-39,65H,32-33H2,1-5H3. The van der Waals surface area contributed by atoms with Crippen molar-refractivity contribution in [1.82, 2.24) is 0 Å². The van der Waals surface area contributed by atoms with Crippen LogP contribution in [-0.2, 0) is 10.8 Å². The molecule has 340 valence electrons. The fourth-order valence-corrected chi connectivity index (χ4v) is 16.6. The van der Waals surface area contributed by atoms with Crippen LogP contribution in [0, 0.1) is 6.92 Å². The van der Waals surface area contributed by atoms with Gasteiger partial charge in [-0.05, 0) is 155 Å². The molecular formula is C63H52BN3O2S. The molecular weight excluding hydrogens is 874 g/mol.